The first kappa shape index (κ1) is 16.3. The van der Waals surface area contributed by atoms with Gasteiger partial charge in [-0.05, 0) is 12.8 Å². The van der Waals surface area contributed by atoms with E-state index < -0.39 is 11.9 Å². The number of rotatable bonds is 3. The zero-order valence-electron chi connectivity index (χ0n) is 12.4. The maximum absolute atomic E-state index is 13.0. The van der Waals surface area contributed by atoms with Crippen LogP contribution in [0.3, 0.4) is 0 Å². The first-order valence-electron chi connectivity index (χ1n) is 6.86. The van der Waals surface area contributed by atoms with E-state index in [-0.39, 0.29) is 23.6 Å². The van der Waals surface area contributed by atoms with Gasteiger partial charge in [-0.3, -0.25) is 4.79 Å². The van der Waals surface area contributed by atoms with Gasteiger partial charge >= 0.3 is 6.18 Å². The van der Waals surface area contributed by atoms with Crippen molar-refractivity contribution >= 4 is 17.7 Å². The molecule has 0 atom stereocenters. The largest absolute Gasteiger partial charge is 0.433 e. The third-order valence-electron chi connectivity index (χ3n) is 3.63. The van der Waals surface area contributed by atoms with Crippen molar-refractivity contribution < 1.29 is 18.0 Å². The lowest BCUT2D eigenvalue weighted by Gasteiger charge is -2.31. The molecule has 0 bridgehead atoms. The molecule has 1 aliphatic heterocycles. The van der Waals surface area contributed by atoms with Crippen LogP contribution in [0.5, 0.6) is 0 Å². The molecule has 1 aliphatic rings. The number of piperidine rings is 1. The average molecular weight is 317 g/mol. The Hall–Kier alpha value is -2.06. The summed E-state index contributed by atoms with van der Waals surface area (Å²) in [7, 11) is 3.23. The topological polar surface area (TPSA) is 75.3 Å². The lowest BCUT2D eigenvalue weighted by Crippen LogP contribution is -2.39. The Kier molecular flexibility index (Phi) is 4.43. The Balaban J connectivity index is 2.27. The van der Waals surface area contributed by atoms with E-state index in [0.29, 0.717) is 25.9 Å². The van der Waals surface area contributed by atoms with Crippen LogP contribution in [0.15, 0.2) is 6.07 Å². The van der Waals surface area contributed by atoms with Crippen LogP contribution in [-0.4, -0.2) is 43.1 Å². The van der Waals surface area contributed by atoms with Crippen molar-refractivity contribution in [2.45, 2.75) is 19.0 Å². The maximum atomic E-state index is 13.0. The minimum absolute atomic E-state index is 0.0291. The number of anilines is 2. The normalized spacial score (nSPS) is 16.7. The summed E-state index contributed by atoms with van der Waals surface area (Å²) in [5.74, 6) is -0.398. The van der Waals surface area contributed by atoms with Crippen LogP contribution < -0.4 is 15.5 Å². The zero-order valence-corrected chi connectivity index (χ0v) is 12.4. The molecule has 0 aromatic carbocycles. The average Bonchev–Trinajstić information content (AvgIpc) is 2.46. The van der Waals surface area contributed by atoms with Gasteiger partial charge in [-0.25, -0.2) is 4.98 Å². The second-order valence-corrected chi connectivity index (χ2v) is 5.47. The molecular formula is C13H18F3N5O. The van der Waals surface area contributed by atoms with E-state index in [1.165, 1.54) is 4.90 Å². The quantitative estimate of drug-likeness (QED) is 0.908. The van der Waals surface area contributed by atoms with Gasteiger partial charge in [0.1, 0.15) is 5.82 Å². The van der Waals surface area contributed by atoms with Crippen molar-refractivity contribution in [2.24, 2.45) is 11.7 Å². The molecule has 2 heterocycles. The van der Waals surface area contributed by atoms with Gasteiger partial charge in [0.05, 0.1) is 0 Å². The predicted molar refractivity (Wildman–Crippen MR) is 75.5 cm³/mol. The van der Waals surface area contributed by atoms with Crippen molar-refractivity contribution in [1.82, 2.24) is 9.97 Å². The number of alkyl halides is 3. The fourth-order valence-corrected chi connectivity index (χ4v) is 2.30. The first-order chi connectivity index (χ1) is 10.2. The summed E-state index contributed by atoms with van der Waals surface area (Å²) in [4.78, 5) is 22.1. The van der Waals surface area contributed by atoms with Crippen molar-refractivity contribution in [2.75, 3.05) is 37.0 Å². The van der Waals surface area contributed by atoms with Crippen molar-refractivity contribution in [3.05, 3.63) is 11.8 Å². The highest BCUT2D eigenvalue weighted by atomic mass is 19.4. The molecule has 1 saturated heterocycles. The summed E-state index contributed by atoms with van der Waals surface area (Å²) in [5.41, 5.74) is 4.28. The molecule has 1 amide bonds. The summed E-state index contributed by atoms with van der Waals surface area (Å²) in [6.45, 7) is 0.809. The molecular weight excluding hydrogens is 299 g/mol. The first-order valence-corrected chi connectivity index (χ1v) is 6.86. The van der Waals surface area contributed by atoms with Gasteiger partial charge in [-0.15, -0.1) is 0 Å². The minimum atomic E-state index is -4.53. The van der Waals surface area contributed by atoms with Crippen LogP contribution in [-0.2, 0) is 11.0 Å². The molecule has 0 saturated carbocycles. The van der Waals surface area contributed by atoms with Gasteiger partial charge in [0.25, 0.3) is 0 Å². The number of amides is 1. The third-order valence-corrected chi connectivity index (χ3v) is 3.63. The number of hydrogen-bond acceptors (Lipinski definition) is 5. The predicted octanol–water partition coefficient (Wildman–Crippen LogP) is 1.26. The van der Waals surface area contributed by atoms with Crippen molar-refractivity contribution in [3.63, 3.8) is 0 Å². The summed E-state index contributed by atoms with van der Waals surface area (Å²) in [5, 5.41) is 0. The third kappa shape index (κ3) is 3.58. The number of halogens is 3. The molecule has 122 valence electrons. The number of aromatic nitrogens is 2. The Labute approximate surface area is 126 Å². The van der Waals surface area contributed by atoms with E-state index in [9.17, 15) is 18.0 Å². The summed E-state index contributed by atoms with van der Waals surface area (Å²) in [6.07, 6.45) is -3.55. The maximum Gasteiger partial charge on any atom is 0.433 e. The second kappa shape index (κ2) is 5.98. The molecule has 2 rings (SSSR count). The molecule has 9 heteroatoms. The van der Waals surface area contributed by atoms with Crippen LogP contribution in [0.4, 0.5) is 24.9 Å². The van der Waals surface area contributed by atoms with Gasteiger partial charge in [-0.2, -0.15) is 18.2 Å². The zero-order chi connectivity index (χ0) is 16.5. The molecule has 1 aromatic rings. The van der Waals surface area contributed by atoms with Crippen molar-refractivity contribution in [3.8, 4) is 0 Å². The van der Waals surface area contributed by atoms with E-state index in [4.69, 9.17) is 5.73 Å². The van der Waals surface area contributed by atoms with Crippen LogP contribution in [0.2, 0.25) is 0 Å². The standard InChI is InChI=1S/C13H18F3N5O/c1-20(2)10-7-9(13(14,15)16)18-12(19-10)21-5-3-8(4-6-21)11(17)22/h7-8H,3-6H2,1-2H3,(H2,17,22). The fraction of sp³-hybridized carbons (Fsp3) is 0.615. The summed E-state index contributed by atoms with van der Waals surface area (Å²) in [6, 6.07) is 0.916. The van der Waals surface area contributed by atoms with Crippen molar-refractivity contribution in [1.29, 1.82) is 0 Å². The second-order valence-electron chi connectivity index (χ2n) is 5.47. The Bertz CT molecular complexity index is 553. The van der Waals surface area contributed by atoms with Crippen LogP contribution in [0.1, 0.15) is 18.5 Å². The number of nitrogens with zero attached hydrogens (tertiary/aromatic N) is 4. The van der Waals surface area contributed by atoms with Crippen LogP contribution >= 0.6 is 0 Å². The molecule has 22 heavy (non-hydrogen) atoms. The van der Waals surface area contributed by atoms with E-state index >= 15 is 0 Å². The van der Waals surface area contributed by atoms with Gasteiger partial charge in [-0.1, -0.05) is 0 Å². The van der Waals surface area contributed by atoms with E-state index in [0.717, 1.165) is 6.07 Å². The molecule has 0 radical (unpaired) electrons. The van der Waals surface area contributed by atoms with E-state index in [2.05, 4.69) is 9.97 Å². The molecule has 1 aromatic heterocycles. The minimum Gasteiger partial charge on any atom is -0.369 e. The number of primary amides is 1. The van der Waals surface area contributed by atoms with Gasteiger partial charge in [0, 0.05) is 39.2 Å². The Morgan fingerprint density at radius 1 is 1.32 bits per heavy atom. The number of nitrogens with two attached hydrogens (primary N) is 1. The fourth-order valence-electron chi connectivity index (χ4n) is 2.30. The number of carbonyl (C=O) groups excluding carboxylic acids is 1. The summed E-state index contributed by atoms with van der Waals surface area (Å²) >= 11 is 0. The highest BCUT2D eigenvalue weighted by Crippen LogP contribution is 2.31. The van der Waals surface area contributed by atoms with Crippen LogP contribution in [0.25, 0.3) is 0 Å². The number of carbonyl (C=O) groups is 1. The van der Waals surface area contributed by atoms with Gasteiger partial charge < -0.3 is 15.5 Å². The highest BCUT2D eigenvalue weighted by Gasteiger charge is 2.35. The molecule has 0 spiro atoms. The Morgan fingerprint density at radius 3 is 2.36 bits per heavy atom. The number of hydrogen-bond donors (Lipinski definition) is 1. The smallest absolute Gasteiger partial charge is 0.369 e. The lowest BCUT2D eigenvalue weighted by molar-refractivity contribution is -0.141. The Morgan fingerprint density at radius 2 is 1.91 bits per heavy atom. The lowest BCUT2D eigenvalue weighted by atomic mass is 9.96. The molecule has 1 fully saturated rings. The van der Waals surface area contributed by atoms with Gasteiger partial charge in [0.15, 0.2) is 5.69 Å². The monoisotopic (exact) mass is 317 g/mol. The molecule has 0 unspecified atom stereocenters. The molecule has 0 aliphatic carbocycles. The molecule has 2 N–H and O–H groups in total. The SMILES string of the molecule is CN(C)c1cc(C(F)(F)F)nc(N2CCC(C(N)=O)CC2)n1. The van der Waals surface area contributed by atoms with Crippen LogP contribution in [0, 0.1) is 5.92 Å². The van der Waals surface area contributed by atoms with Gasteiger partial charge in [0.2, 0.25) is 11.9 Å². The molecule has 6 nitrogen and oxygen atoms in total. The summed E-state index contributed by atoms with van der Waals surface area (Å²) < 4.78 is 38.9. The van der Waals surface area contributed by atoms with E-state index in [1.807, 2.05) is 0 Å². The highest BCUT2D eigenvalue weighted by molar-refractivity contribution is 5.76. The van der Waals surface area contributed by atoms with E-state index in [1.54, 1.807) is 19.0 Å².